The third-order valence-corrected chi connectivity index (χ3v) is 2.96. The number of carbonyl (C=O) groups excluding carboxylic acids is 2. The highest BCUT2D eigenvalue weighted by atomic mass is 16.5. The molecule has 2 rings (SSSR count). The van der Waals surface area contributed by atoms with E-state index in [2.05, 4.69) is 5.32 Å². The number of aldehydes is 1. The van der Waals surface area contributed by atoms with Gasteiger partial charge in [0.2, 0.25) is 5.91 Å². The van der Waals surface area contributed by atoms with Crippen LogP contribution in [0.1, 0.15) is 17.3 Å². The average molecular weight is 285 g/mol. The van der Waals surface area contributed by atoms with Gasteiger partial charge in [0, 0.05) is 12.5 Å². The van der Waals surface area contributed by atoms with Crippen LogP contribution < -0.4 is 10.1 Å². The number of amides is 1. The molecule has 0 aliphatic rings. The van der Waals surface area contributed by atoms with Gasteiger partial charge in [-0.1, -0.05) is 18.2 Å². The number of anilines is 1. The molecule has 5 heteroatoms. The molecule has 2 aromatic rings. The van der Waals surface area contributed by atoms with Gasteiger partial charge in [-0.15, -0.1) is 0 Å². The normalized spacial score (nSPS) is 10.0. The van der Waals surface area contributed by atoms with E-state index in [1.807, 2.05) is 0 Å². The van der Waals surface area contributed by atoms with Gasteiger partial charge in [0.1, 0.15) is 12.0 Å². The van der Waals surface area contributed by atoms with E-state index in [0.29, 0.717) is 28.1 Å². The number of aromatic hydroxyl groups is 1. The molecule has 1 amide bonds. The second kappa shape index (κ2) is 6.09. The molecule has 0 fully saturated rings. The molecule has 0 radical (unpaired) electrons. The summed E-state index contributed by atoms with van der Waals surface area (Å²) in [7, 11) is 1.45. The van der Waals surface area contributed by atoms with Gasteiger partial charge < -0.3 is 15.2 Å². The lowest BCUT2D eigenvalue weighted by molar-refractivity contribution is -0.114. The largest absolute Gasteiger partial charge is 0.507 e. The van der Waals surface area contributed by atoms with Crippen molar-refractivity contribution in [2.45, 2.75) is 6.92 Å². The highest BCUT2D eigenvalue weighted by Crippen LogP contribution is 2.42. The molecule has 5 nitrogen and oxygen atoms in total. The molecule has 0 aliphatic heterocycles. The van der Waals surface area contributed by atoms with Crippen molar-refractivity contribution in [3.63, 3.8) is 0 Å². The zero-order chi connectivity index (χ0) is 15.4. The van der Waals surface area contributed by atoms with Crippen LogP contribution in [0.2, 0.25) is 0 Å². The van der Waals surface area contributed by atoms with E-state index >= 15 is 0 Å². The number of rotatable bonds is 4. The van der Waals surface area contributed by atoms with Crippen LogP contribution >= 0.6 is 0 Å². The zero-order valence-electron chi connectivity index (χ0n) is 11.7. The van der Waals surface area contributed by atoms with Crippen molar-refractivity contribution >= 4 is 17.9 Å². The Morgan fingerprint density at radius 2 is 2.05 bits per heavy atom. The molecule has 0 atom stereocenters. The molecule has 0 spiro atoms. The first-order valence-corrected chi connectivity index (χ1v) is 6.30. The van der Waals surface area contributed by atoms with E-state index < -0.39 is 0 Å². The summed E-state index contributed by atoms with van der Waals surface area (Å²) in [6, 6.07) is 9.80. The maximum absolute atomic E-state index is 11.2. The quantitative estimate of drug-likeness (QED) is 0.669. The van der Waals surface area contributed by atoms with Crippen LogP contribution in [-0.4, -0.2) is 24.4 Å². The molecule has 0 saturated carbocycles. The Balaban J connectivity index is 2.65. The summed E-state index contributed by atoms with van der Waals surface area (Å²) >= 11 is 0. The Morgan fingerprint density at radius 1 is 1.29 bits per heavy atom. The fourth-order valence-corrected chi connectivity index (χ4v) is 2.12. The lowest BCUT2D eigenvalue weighted by atomic mass is 10.0. The summed E-state index contributed by atoms with van der Waals surface area (Å²) in [6.07, 6.45) is 0.727. The number of benzene rings is 2. The van der Waals surface area contributed by atoms with Crippen LogP contribution in [-0.2, 0) is 4.79 Å². The van der Waals surface area contributed by atoms with Gasteiger partial charge in [0.15, 0.2) is 5.75 Å². The van der Waals surface area contributed by atoms with Gasteiger partial charge >= 0.3 is 0 Å². The maximum atomic E-state index is 11.2. The monoisotopic (exact) mass is 285 g/mol. The van der Waals surface area contributed by atoms with Gasteiger partial charge in [0.25, 0.3) is 0 Å². The smallest absolute Gasteiger partial charge is 0.221 e. The molecule has 0 unspecified atom stereocenters. The van der Waals surface area contributed by atoms with E-state index in [1.165, 1.54) is 20.1 Å². The van der Waals surface area contributed by atoms with Crippen LogP contribution in [0.5, 0.6) is 11.5 Å². The topological polar surface area (TPSA) is 75.6 Å². The Labute approximate surface area is 122 Å². The standard InChI is InChI=1S/C16H15NO4/c1-10(19)17-13-6-7-14(20)15(16(13)21-2)12-5-3-4-11(8-12)9-18/h3-9,20H,1-2H3,(H,17,19). The number of ether oxygens (including phenoxy) is 1. The molecule has 2 aromatic carbocycles. The summed E-state index contributed by atoms with van der Waals surface area (Å²) in [5.41, 5.74) is 1.99. The number of phenolic OH excluding ortho intramolecular Hbond substituents is 1. The van der Waals surface area contributed by atoms with Crippen molar-refractivity contribution in [3.05, 3.63) is 42.0 Å². The Kier molecular flexibility index (Phi) is 4.23. The van der Waals surface area contributed by atoms with E-state index in [1.54, 1.807) is 30.3 Å². The molecule has 108 valence electrons. The Morgan fingerprint density at radius 3 is 2.67 bits per heavy atom. The number of hydrogen-bond donors (Lipinski definition) is 2. The zero-order valence-corrected chi connectivity index (χ0v) is 11.7. The molecular weight excluding hydrogens is 270 g/mol. The molecule has 0 aromatic heterocycles. The third-order valence-electron chi connectivity index (χ3n) is 2.96. The summed E-state index contributed by atoms with van der Waals surface area (Å²) in [4.78, 5) is 22.1. The van der Waals surface area contributed by atoms with Crippen molar-refractivity contribution < 1.29 is 19.4 Å². The van der Waals surface area contributed by atoms with Crippen molar-refractivity contribution in [1.82, 2.24) is 0 Å². The lowest BCUT2D eigenvalue weighted by Gasteiger charge is -2.15. The SMILES string of the molecule is COc1c(NC(C)=O)ccc(O)c1-c1cccc(C=O)c1. The van der Waals surface area contributed by atoms with Crippen molar-refractivity contribution in [2.75, 3.05) is 12.4 Å². The van der Waals surface area contributed by atoms with Gasteiger partial charge in [-0.3, -0.25) is 9.59 Å². The van der Waals surface area contributed by atoms with E-state index in [4.69, 9.17) is 4.74 Å². The van der Waals surface area contributed by atoms with Gasteiger partial charge in [-0.05, 0) is 23.8 Å². The molecular formula is C16H15NO4. The second-order valence-electron chi connectivity index (χ2n) is 4.46. The summed E-state index contributed by atoms with van der Waals surface area (Å²) in [5.74, 6) is 0.101. The number of methoxy groups -OCH3 is 1. The minimum atomic E-state index is -0.244. The first-order chi connectivity index (χ1) is 10.1. The summed E-state index contributed by atoms with van der Waals surface area (Å²) in [5, 5.41) is 12.8. The minimum Gasteiger partial charge on any atom is -0.507 e. The molecule has 2 N–H and O–H groups in total. The van der Waals surface area contributed by atoms with E-state index in [0.717, 1.165) is 6.29 Å². The lowest BCUT2D eigenvalue weighted by Crippen LogP contribution is -2.07. The fraction of sp³-hybridized carbons (Fsp3) is 0.125. The van der Waals surface area contributed by atoms with Gasteiger partial charge in [0.05, 0.1) is 18.4 Å². The van der Waals surface area contributed by atoms with Crippen LogP contribution in [0.15, 0.2) is 36.4 Å². The van der Waals surface area contributed by atoms with Gasteiger partial charge in [-0.25, -0.2) is 0 Å². The Bertz CT molecular complexity index is 695. The summed E-state index contributed by atoms with van der Waals surface area (Å²) < 4.78 is 5.32. The van der Waals surface area contributed by atoms with Crippen LogP contribution in [0, 0.1) is 0 Å². The molecule has 0 heterocycles. The fourth-order valence-electron chi connectivity index (χ4n) is 2.12. The van der Waals surface area contributed by atoms with Crippen molar-refractivity contribution in [1.29, 1.82) is 0 Å². The number of nitrogens with one attached hydrogen (secondary N) is 1. The maximum Gasteiger partial charge on any atom is 0.221 e. The second-order valence-corrected chi connectivity index (χ2v) is 4.46. The van der Waals surface area contributed by atoms with Crippen molar-refractivity contribution in [2.24, 2.45) is 0 Å². The number of hydrogen-bond acceptors (Lipinski definition) is 4. The first-order valence-electron chi connectivity index (χ1n) is 6.30. The average Bonchev–Trinajstić information content (AvgIpc) is 2.48. The first kappa shape index (κ1) is 14.6. The molecule has 0 aliphatic carbocycles. The number of carbonyl (C=O) groups is 2. The van der Waals surface area contributed by atoms with Crippen LogP contribution in [0.25, 0.3) is 11.1 Å². The number of phenols is 1. The highest BCUT2D eigenvalue weighted by molar-refractivity contribution is 5.94. The molecule has 0 saturated heterocycles. The molecule has 0 bridgehead atoms. The Hall–Kier alpha value is -2.82. The predicted octanol–water partition coefficient (Wildman–Crippen LogP) is 2.84. The highest BCUT2D eigenvalue weighted by Gasteiger charge is 2.16. The van der Waals surface area contributed by atoms with E-state index in [-0.39, 0.29) is 11.7 Å². The van der Waals surface area contributed by atoms with Crippen LogP contribution in [0.4, 0.5) is 5.69 Å². The predicted molar refractivity (Wildman–Crippen MR) is 79.8 cm³/mol. The van der Waals surface area contributed by atoms with Crippen LogP contribution in [0.3, 0.4) is 0 Å². The molecule has 21 heavy (non-hydrogen) atoms. The summed E-state index contributed by atoms with van der Waals surface area (Å²) in [6.45, 7) is 1.39. The van der Waals surface area contributed by atoms with E-state index in [9.17, 15) is 14.7 Å². The minimum absolute atomic E-state index is 0.00370. The van der Waals surface area contributed by atoms with Crippen molar-refractivity contribution in [3.8, 4) is 22.6 Å². The van der Waals surface area contributed by atoms with Gasteiger partial charge in [-0.2, -0.15) is 0 Å². The third kappa shape index (κ3) is 3.02.